The van der Waals surface area contributed by atoms with Gasteiger partial charge in [0.1, 0.15) is 5.82 Å². The molecule has 1 atom stereocenters. The van der Waals surface area contributed by atoms with Crippen LogP contribution < -0.4 is 11.3 Å². The number of carbonyl (C=O) groups excluding carboxylic acids is 1. The number of anilines is 1. The Labute approximate surface area is 122 Å². The lowest BCUT2D eigenvalue weighted by Crippen LogP contribution is -2.37. The van der Waals surface area contributed by atoms with Crippen LogP contribution in [0, 0.1) is 0 Å². The van der Waals surface area contributed by atoms with Crippen LogP contribution in [0.1, 0.15) is 16.8 Å². The number of pyridine rings is 1. The van der Waals surface area contributed by atoms with Crippen LogP contribution in [0.4, 0.5) is 5.82 Å². The number of hydrazine groups is 1. The summed E-state index contributed by atoms with van der Waals surface area (Å²) in [5.41, 5.74) is 3.15. The van der Waals surface area contributed by atoms with Crippen molar-refractivity contribution < 1.29 is 9.53 Å². The molecule has 1 fully saturated rings. The summed E-state index contributed by atoms with van der Waals surface area (Å²) in [6.45, 7) is 1.30. The van der Waals surface area contributed by atoms with Crippen LogP contribution in [0.25, 0.3) is 10.8 Å². The third kappa shape index (κ3) is 2.43. The molecule has 1 aromatic carbocycles. The number of nitrogens with zero attached hydrogens (tertiary/aromatic N) is 2. The molecule has 2 heterocycles. The number of carbonyl (C=O) groups is 1. The molecule has 110 valence electrons. The highest BCUT2D eigenvalue weighted by Gasteiger charge is 2.26. The molecule has 1 aliphatic heterocycles. The molecule has 0 saturated carbocycles. The molecular formula is C15H18N4O2. The van der Waals surface area contributed by atoms with Gasteiger partial charge in [0.15, 0.2) is 0 Å². The minimum absolute atomic E-state index is 0.0437. The molecule has 2 aromatic rings. The number of aromatic nitrogens is 1. The summed E-state index contributed by atoms with van der Waals surface area (Å²) in [5.74, 6) is 6.00. The fraction of sp³-hybridized carbons (Fsp3) is 0.333. The van der Waals surface area contributed by atoms with Gasteiger partial charge >= 0.3 is 0 Å². The number of benzene rings is 1. The van der Waals surface area contributed by atoms with Crippen LogP contribution >= 0.6 is 0 Å². The highest BCUT2D eigenvalue weighted by atomic mass is 16.5. The third-order valence-corrected chi connectivity index (χ3v) is 3.94. The maximum Gasteiger partial charge on any atom is 0.256 e. The molecule has 0 bridgehead atoms. The van der Waals surface area contributed by atoms with Gasteiger partial charge in [-0.2, -0.15) is 0 Å². The smallest absolute Gasteiger partial charge is 0.256 e. The van der Waals surface area contributed by atoms with E-state index < -0.39 is 0 Å². The van der Waals surface area contributed by atoms with E-state index in [4.69, 9.17) is 10.6 Å². The van der Waals surface area contributed by atoms with Gasteiger partial charge in [-0.25, -0.2) is 10.8 Å². The van der Waals surface area contributed by atoms with Crippen LogP contribution in [-0.2, 0) is 4.74 Å². The van der Waals surface area contributed by atoms with E-state index in [1.807, 2.05) is 31.3 Å². The molecule has 0 aliphatic carbocycles. The van der Waals surface area contributed by atoms with E-state index in [0.717, 1.165) is 17.2 Å². The number of rotatable bonds is 3. The fourth-order valence-corrected chi connectivity index (χ4v) is 2.66. The lowest BCUT2D eigenvalue weighted by Gasteiger charge is -2.23. The zero-order valence-electron chi connectivity index (χ0n) is 11.9. The number of nitrogens with two attached hydrogens (primary N) is 1. The summed E-state index contributed by atoms with van der Waals surface area (Å²) in [5, 5.41) is 1.68. The molecule has 6 nitrogen and oxygen atoms in total. The lowest BCUT2D eigenvalue weighted by atomic mass is 10.1. The minimum Gasteiger partial charge on any atom is -0.379 e. The first-order valence-electron chi connectivity index (χ1n) is 6.91. The van der Waals surface area contributed by atoms with E-state index in [-0.39, 0.29) is 11.9 Å². The molecule has 1 amide bonds. The first-order chi connectivity index (χ1) is 10.2. The van der Waals surface area contributed by atoms with Crippen LogP contribution in [0.2, 0.25) is 0 Å². The third-order valence-electron chi connectivity index (χ3n) is 3.94. The summed E-state index contributed by atoms with van der Waals surface area (Å²) in [4.78, 5) is 18.7. The van der Waals surface area contributed by atoms with Gasteiger partial charge in [0.2, 0.25) is 0 Å². The molecule has 1 aromatic heterocycles. The van der Waals surface area contributed by atoms with Gasteiger partial charge in [0.25, 0.3) is 5.91 Å². The Morgan fingerprint density at radius 1 is 1.43 bits per heavy atom. The normalized spacial score (nSPS) is 17.9. The maximum atomic E-state index is 12.7. The standard InChI is InChI=1S/C15H18N4O2/c1-19(10-6-7-21-9-10)15(20)13-8-17-14(18-16)12-5-3-2-4-11(12)13/h2-5,8,10H,6-7,9,16H2,1H3,(H,17,18). The Morgan fingerprint density at radius 2 is 2.19 bits per heavy atom. The first kappa shape index (κ1) is 13.8. The number of hydrogen-bond donors (Lipinski definition) is 2. The van der Waals surface area contributed by atoms with Gasteiger partial charge in [-0.1, -0.05) is 24.3 Å². The molecule has 1 unspecified atom stereocenters. The Bertz CT molecular complexity index is 668. The summed E-state index contributed by atoms with van der Waals surface area (Å²) in [7, 11) is 1.81. The van der Waals surface area contributed by atoms with E-state index >= 15 is 0 Å². The van der Waals surface area contributed by atoms with Crippen molar-refractivity contribution >= 4 is 22.5 Å². The van der Waals surface area contributed by atoms with Crippen LogP contribution in [-0.4, -0.2) is 42.1 Å². The second-order valence-electron chi connectivity index (χ2n) is 5.14. The predicted octanol–water partition coefficient (Wildman–Crippen LogP) is 1.38. The van der Waals surface area contributed by atoms with E-state index in [1.54, 1.807) is 11.1 Å². The molecule has 6 heteroatoms. The van der Waals surface area contributed by atoms with Crippen molar-refractivity contribution in [2.24, 2.45) is 5.84 Å². The zero-order valence-corrected chi connectivity index (χ0v) is 11.9. The first-order valence-corrected chi connectivity index (χ1v) is 6.91. The zero-order chi connectivity index (χ0) is 14.8. The molecular weight excluding hydrogens is 268 g/mol. The topological polar surface area (TPSA) is 80.5 Å². The van der Waals surface area contributed by atoms with Crippen LogP contribution in [0.5, 0.6) is 0 Å². The number of ether oxygens (including phenoxy) is 1. The number of nitrogens with one attached hydrogen (secondary N) is 1. The van der Waals surface area contributed by atoms with Crippen molar-refractivity contribution in [2.75, 3.05) is 25.7 Å². The average Bonchev–Trinajstić information content (AvgIpc) is 3.07. The monoisotopic (exact) mass is 286 g/mol. The maximum absolute atomic E-state index is 12.7. The number of fused-ring (bicyclic) bond motifs is 1. The van der Waals surface area contributed by atoms with Gasteiger partial charge < -0.3 is 15.1 Å². The van der Waals surface area contributed by atoms with E-state index in [0.29, 0.717) is 24.6 Å². The second-order valence-corrected chi connectivity index (χ2v) is 5.14. The van der Waals surface area contributed by atoms with E-state index in [1.165, 1.54) is 0 Å². The summed E-state index contributed by atoms with van der Waals surface area (Å²) < 4.78 is 5.35. The number of hydrogen-bond acceptors (Lipinski definition) is 5. The Hall–Kier alpha value is -2.18. The summed E-state index contributed by atoms with van der Waals surface area (Å²) in [6.07, 6.45) is 2.45. The van der Waals surface area contributed by atoms with Crippen molar-refractivity contribution in [3.05, 3.63) is 36.0 Å². The number of amides is 1. The molecule has 0 radical (unpaired) electrons. The van der Waals surface area contributed by atoms with Crippen LogP contribution in [0.3, 0.4) is 0 Å². The highest BCUT2D eigenvalue weighted by Crippen LogP contribution is 2.25. The Balaban J connectivity index is 2.02. The van der Waals surface area contributed by atoms with Gasteiger partial charge in [-0.3, -0.25) is 4.79 Å². The number of nitrogen functional groups attached to an aromatic ring is 1. The average molecular weight is 286 g/mol. The lowest BCUT2D eigenvalue weighted by molar-refractivity contribution is 0.0713. The van der Waals surface area contributed by atoms with Gasteiger partial charge in [-0.05, 0) is 11.8 Å². The summed E-state index contributed by atoms with van der Waals surface area (Å²) >= 11 is 0. The van der Waals surface area contributed by atoms with Crippen molar-refractivity contribution in [2.45, 2.75) is 12.5 Å². The quantitative estimate of drug-likeness (QED) is 0.658. The fourth-order valence-electron chi connectivity index (χ4n) is 2.66. The van der Waals surface area contributed by atoms with Crippen molar-refractivity contribution in [3.8, 4) is 0 Å². The van der Waals surface area contributed by atoms with Crippen LogP contribution in [0.15, 0.2) is 30.5 Å². The Kier molecular flexibility index (Phi) is 3.72. The van der Waals surface area contributed by atoms with Crippen molar-refractivity contribution in [1.82, 2.24) is 9.88 Å². The SMILES string of the molecule is CN(C(=O)c1cnc(NN)c2ccccc12)C1CCOC1. The predicted molar refractivity (Wildman–Crippen MR) is 80.9 cm³/mol. The van der Waals surface area contributed by atoms with E-state index in [2.05, 4.69) is 10.4 Å². The van der Waals surface area contributed by atoms with Gasteiger partial charge in [0.05, 0.1) is 18.2 Å². The minimum atomic E-state index is -0.0437. The molecule has 3 N–H and O–H groups in total. The van der Waals surface area contributed by atoms with Gasteiger partial charge in [0, 0.05) is 25.2 Å². The molecule has 1 aliphatic rings. The highest BCUT2D eigenvalue weighted by molar-refractivity contribution is 6.09. The van der Waals surface area contributed by atoms with Gasteiger partial charge in [-0.15, -0.1) is 0 Å². The molecule has 21 heavy (non-hydrogen) atoms. The van der Waals surface area contributed by atoms with Crippen molar-refractivity contribution in [3.63, 3.8) is 0 Å². The van der Waals surface area contributed by atoms with E-state index in [9.17, 15) is 4.79 Å². The summed E-state index contributed by atoms with van der Waals surface area (Å²) in [6, 6.07) is 7.73. The molecule has 0 spiro atoms. The molecule has 1 saturated heterocycles. The second kappa shape index (κ2) is 5.67. The Morgan fingerprint density at radius 3 is 2.86 bits per heavy atom. The van der Waals surface area contributed by atoms with Crippen molar-refractivity contribution in [1.29, 1.82) is 0 Å². The molecule has 3 rings (SSSR count). The largest absolute Gasteiger partial charge is 0.379 e. The number of likely N-dealkylation sites (N-methyl/N-ethyl adjacent to an activating group) is 1.